The Labute approximate surface area is 514 Å². The molecule has 83 heavy (non-hydrogen) atoms. The van der Waals surface area contributed by atoms with Crippen molar-refractivity contribution in [3.8, 4) is 0 Å². The molecule has 0 rings (SSSR count). The van der Waals surface area contributed by atoms with Gasteiger partial charge in [0.05, 0.1) is 40.3 Å². The lowest BCUT2D eigenvalue weighted by Gasteiger charge is -2.26. The van der Waals surface area contributed by atoms with Crippen LogP contribution >= 0.6 is 0 Å². The number of quaternary nitrogens is 1. The van der Waals surface area contributed by atoms with Crippen LogP contribution in [0.25, 0.3) is 0 Å². The van der Waals surface area contributed by atoms with Gasteiger partial charge in [-0.25, -0.2) is 0 Å². The molecule has 0 aliphatic heterocycles. The summed E-state index contributed by atoms with van der Waals surface area (Å²) in [7, 11) is 5.93. The maximum atomic E-state index is 12.9. The second-order valence-electron chi connectivity index (χ2n) is 25.2. The largest absolute Gasteiger partial charge is 0.545 e. The molecule has 0 N–H and O–H groups in total. The fraction of sp³-hybridized carbons (Fsp3) is 0.824. The van der Waals surface area contributed by atoms with Crippen molar-refractivity contribution in [2.24, 2.45) is 0 Å². The van der Waals surface area contributed by atoms with Crippen molar-refractivity contribution in [3.63, 3.8) is 0 Å². The molecule has 2 atom stereocenters. The van der Waals surface area contributed by atoms with Crippen molar-refractivity contribution < 1.29 is 42.9 Å². The number of nitrogens with zero attached hydrogens (tertiary/aromatic N) is 1. The Morgan fingerprint density at radius 3 is 0.988 bits per heavy atom. The summed E-state index contributed by atoms with van der Waals surface area (Å²) in [5, 5.41) is 11.8. The fourth-order valence-corrected chi connectivity index (χ4v) is 10.3. The summed E-state index contributed by atoms with van der Waals surface area (Å²) in [4.78, 5) is 37.4. The van der Waals surface area contributed by atoms with Crippen molar-refractivity contribution in [3.05, 3.63) is 60.8 Å². The van der Waals surface area contributed by atoms with E-state index in [0.29, 0.717) is 17.4 Å². The Morgan fingerprint density at radius 2 is 0.651 bits per heavy atom. The first-order chi connectivity index (χ1) is 40.6. The zero-order valence-electron chi connectivity index (χ0n) is 55.3. The molecule has 0 spiro atoms. The van der Waals surface area contributed by atoms with Gasteiger partial charge in [0.25, 0.3) is 0 Å². The molecule has 0 heterocycles. The van der Waals surface area contributed by atoms with Gasteiger partial charge in [-0.2, -0.15) is 0 Å². The quantitative estimate of drug-likeness (QED) is 0.0195. The summed E-state index contributed by atoms with van der Waals surface area (Å²) in [6, 6.07) is 0. The van der Waals surface area contributed by atoms with Crippen LogP contribution in [0.2, 0.25) is 0 Å². The maximum absolute atomic E-state index is 12.9. The molecule has 2 unspecified atom stereocenters. The Balaban J connectivity index is 3.98. The second kappa shape index (κ2) is 65.0. The van der Waals surface area contributed by atoms with Crippen LogP contribution in [0.15, 0.2) is 60.8 Å². The minimum Gasteiger partial charge on any atom is -0.545 e. The zero-order chi connectivity index (χ0) is 60.5. The second-order valence-corrected chi connectivity index (χ2v) is 25.2. The van der Waals surface area contributed by atoms with E-state index in [0.717, 1.165) is 51.4 Å². The number of likely N-dealkylation sites (N-methyl/N-ethyl adjacent to an activating group) is 1. The number of rotatable bonds is 66. The van der Waals surface area contributed by atoms with Crippen molar-refractivity contribution in [2.45, 2.75) is 347 Å². The summed E-state index contributed by atoms with van der Waals surface area (Å²) in [6.45, 7) is 4.75. The lowest BCUT2D eigenvalue weighted by atomic mass is 10.0. The molecule has 0 aromatic heterocycles. The highest BCUT2D eigenvalue weighted by Gasteiger charge is 2.22. The summed E-state index contributed by atoms with van der Waals surface area (Å²) in [5.41, 5.74) is 0. The number of hydrogen-bond donors (Lipinski definition) is 0. The highest BCUT2D eigenvalue weighted by molar-refractivity contribution is 5.70. The minimum absolute atomic E-state index is 0.148. The van der Waals surface area contributed by atoms with Crippen molar-refractivity contribution in [1.82, 2.24) is 0 Å². The standard InChI is InChI=1S/C74H135NO8/c1-6-8-10-12-14-16-18-20-22-24-26-27-28-29-30-31-32-33-34-35-36-37-38-39-40-41-42-43-44-45-47-49-51-53-55-57-59-61-63-65-72(77)83-70(69-82-74(73(78)79)80-67-66-75(3,4)5)68-81-71(76)64-62-60-58-56-54-52-50-48-46-25-23-21-19-17-15-13-11-9-7-2/h15,17-18,20-21,23-24,26,28-29,70,74H,6-14,16,19,22,25,27,30-69H2,1-5H3/b17-15-,20-18-,23-21-,26-24-,29-28-. The van der Waals surface area contributed by atoms with E-state index >= 15 is 0 Å². The number of esters is 2. The highest BCUT2D eigenvalue weighted by Crippen LogP contribution is 2.18. The van der Waals surface area contributed by atoms with Gasteiger partial charge in [-0.15, -0.1) is 0 Å². The van der Waals surface area contributed by atoms with Crippen LogP contribution < -0.4 is 5.11 Å². The molecular formula is C74H135NO8. The molecule has 9 heteroatoms. The molecular weight excluding hydrogens is 1030 g/mol. The molecule has 9 nitrogen and oxygen atoms in total. The molecule has 0 fully saturated rings. The van der Waals surface area contributed by atoms with Gasteiger partial charge in [0.15, 0.2) is 12.4 Å². The molecule has 0 aliphatic carbocycles. The monoisotopic (exact) mass is 1170 g/mol. The van der Waals surface area contributed by atoms with Gasteiger partial charge in [0.1, 0.15) is 13.2 Å². The van der Waals surface area contributed by atoms with E-state index in [1.54, 1.807) is 0 Å². The molecule has 0 saturated heterocycles. The van der Waals surface area contributed by atoms with Crippen LogP contribution in [-0.4, -0.2) is 82.3 Å². The summed E-state index contributed by atoms with van der Waals surface area (Å²) in [6.07, 6.45) is 81.7. The third-order valence-electron chi connectivity index (χ3n) is 15.7. The molecule has 0 bridgehead atoms. The van der Waals surface area contributed by atoms with Gasteiger partial charge < -0.3 is 33.3 Å². The molecule has 484 valence electrons. The number of carbonyl (C=O) groups excluding carboxylic acids is 3. The molecule has 0 aromatic carbocycles. The van der Waals surface area contributed by atoms with E-state index in [1.165, 1.54) is 250 Å². The lowest BCUT2D eigenvalue weighted by molar-refractivity contribution is -0.870. The van der Waals surface area contributed by atoms with Crippen LogP contribution in [0.3, 0.4) is 0 Å². The first-order valence-corrected chi connectivity index (χ1v) is 35.4. The third kappa shape index (κ3) is 66.4. The molecule has 0 radical (unpaired) electrons. The van der Waals surface area contributed by atoms with Gasteiger partial charge in [-0.05, 0) is 83.5 Å². The first kappa shape index (κ1) is 80.0. The summed E-state index contributed by atoms with van der Waals surface area (Å²) >= 11 is 0. The van der Waals surface area contributed by atoms with Crippen LogP contribution in [-0.2, 0) is 33.3 Å². The van der Waals surface area contributed by atoms with Gasteiger partial charge in [-0.1, -0.05) is 299 Å². The predicted molar refractivity (Wildman–Crippen MR) is 352 cm³/mol. The van der Waals surface area contributed by atoms with Crippen LogP contribution in [0.4, 0.5) is 0 Å². The minimum atomic E-state index is -1.62. The number of unbranched alkanes of at least 4 members (excludes halogenated alkanes) is 41. The van der Waals surface area contributed by atoms with E-state index in [4.69, 9.17) is 18.9 Å². The van der Waals surface area contributed by atoms with Crippen molar-refractivity contribution in [2.75, 3.05) is 47.5 Å². The highest BCUT2D eigenvalue weighted by atomic mass is 16.7. The van der Waals surface area contributed by atoms with Gasteiger partial charge in [-0.3, -0.25) is 9.59 Å². The Morgan fingerprint density at radius 1 is 0.361 bits per heavy atom. The molecule has 0 amide bonds. The Hall–Kier alpha value is -3.01. The van der Waals surface area contributed by atoms with E-state index in [1.807, 2.05) is 21.1 Å². The van der Waals surface area contributed by atoms with E-state index in [2.05, 4.69) is 74.6 Å². The number of ether oxygens (including phenoxy) is 4. The summed E-state index contributed by atoms with van der Waals surface area (Å²) < 4.78 is 22.8. The fourth-order valence-electron chi connectivity index (χ4n) is 10.3. The number of hydrogen-bond acceptors (Lipinski definition) is 8. The average Bonchev–Trinajstić information content (AvgIpc) is 3.46. The number of carboxylic acid groups (broad SMARTS) is 1. The summed E-state index contributed by atoms with van der Waals surface area (Å²) in [5.74, 6) is -2.27. The predicted octanol–water partition coefficient (Wildman–Crippen LogP) is 20.6. The van der Waals surface area contributed by atoms with Crippen LogP contribution in [0, 0.1) is 0 Å². The van der Waals surface area contributed by atoms with Crippen molar-refractivity contribution in [1.29, 1.82) is 0 Å². The van der Waals surface area contributed by atoms with Gasteiger partial charge >= 0.3 is 11.9 Å². The van der Waals surface area contributed by atoms with E-state index in [9.17, 15) is 19.5 Å². The number of allylic oxidation sites excluding steroid dienone is 10. The smallest absolute Gasteiger partial charge is 0.306 e. The SMILES string of the molecule is CCCCC/C=C\C/C=C\CCCCCCCCCCCC(=O)OCC(COC(OCC[N+](C)(C)C)C(=O)[O-])OC(=O)CCCCCCCCCCCCCCCCCCCCCCCCCC/C=C\C/C=C\C/C=C\CCCCCCC. The average molecular weight is 1170 g/mol. The van der Waals surface area contributed by atoms with Crippen molar-refractivity contribution >= 4 is 17.9 Å². The topological polar surface area (TPSA) is 111 Å². The van der Waals surface area contributed by atoms with Gasteiger partial charge in [0, 0.05) is 12.8 Å². The third-order valence-corrected chi connectivity index (χ3v) is 15.7. The first-order valence-electron chi connectivity index (χ1n) is 35.4. The van der Waals surface area contributed by atoms with Crippen LogP contribution in [0.1, 0.15) is 335 Å². The Bertz CT molecular complexity index is 1550. The maximum Gasteiger partial charge on any atom is 0.306 e. The lowest BCUT2D eigenvalue weighted by Crippen LogP contribution is -2.44. The van der Waals surface area contributed by atoms with Crippen LogP contribution in [0.5, 0.6) is 0 Å². The van der Waals surface area contributed by atoms with E-state index < -0.39 is 24.3 Å². The molecule has 0 aromatic rings. The Kier molecular flexibility index (Phi) is 62.6. The normalized spacial score (nSPS) is 13.0. The zero-order valence-corrected chi connectivity index (χ0v) is 55.3. The number of carbonyl (C=O) groups is 3. The van der Waals surface area contributed by atoms with Gasteiger partial charge in [0.2, 0.25) is 0 Å². The molecule has 0 aliphatic rings. The molecule has 0 saturated carbocycles. The number of aliphatic carboxylic acids is 1. The number of carboxylic acids is 1. The van der Waals surface area contributed by atoms with E-state index in [-0.39, 0.29) is 38.6 Å².